The largest absolute Gasteiger partial charge is 0.501 e. The summed E-state index contributed by atoms with van der Waals surface area (Å²) >= 11 is 0. The monoisotopic (exact) mass is 510 g/mol. The highest BCUT2D eigenvalue weighted by Gasteiger charge is 2.31. The Kier molecular flexibility index (Phi) is 7.48. The fourth-order valence-electron chi connectivity index (χ4n) is 4.06. The molecular formula is C25H27FN6O5. The molecule has 0 bridgehead atoms. The van der Waals surface area contributed by atoms with Crippen LogP contribution >= 0.6 is 0 Å². The summed E-state index contributed by atoms with van der Waals surface area (Å²) in [6.45, 7) is 3.89. The third-order valence-electron chi connectivity index (χ3n) is 6.22. The van der Waals surface area contributed by atoms with Gasteiger partial charge in [-0.05, 0) is 43.8 Å². The summed E-state index contributed by atoms with van der Waals surface area (Å²) in [6, 6.07) is 8.45. The molecule has 0 atom stereocenters. The van der Waals surface area contributed by atoms with Crippen molar-refractivity contribution < 1.29 is 23.9 Å². The fraction of sp³-hybridized carbons (Fsp3) is 0.320. The molecule has 0 saturated carbocycles. The Labute approximate surface area is 211 Å². The molecule has 1 aliphatic heterocycles. The van der Waals surface area contributed by atoms with Gasteiger partial charge in [0.2, 0.25) is 5.75 Å². The van der Waals surface area contributed by atoms with Crippen molar-refractivity contribution in [2.45, 2.75) is 13.5 Å². The van der Waals surface area contributed by atoms with E-state index in [2.05, 4.69) is 15.2 Å². The van der Waals surface area contributed by atoms with Gasteiger partial charge in [0.1, 0.15) is 5.82 Å². The Balaban J connectivity index is 1.66. The van der Waals surface area contributed by atoms with Crippen LogP contribution in [0.2, 0.25) is 0 Å². The van der Waals surface area contributed by atoms with Gasteiger partial charge >= 0.3 is 17.4 Å². The summed E-state index contributed by atoms with van der Waals surface area (Å²) in [5, 5.41) is 13.0. The number of aromatic nitrogens is 2. The molecule has 0 spiro atoms. The number of amides is 3. The maximum Gasteiger partial charge on any atom is 0.316 e. The molecule has 37 heavy (non-hydrogen) atoms. The minimum Gasteiger partial charge on any atom is -0.501 e. The quantitative estimate of drug-likeness (QED) is 0.481. The summed E-state index contributed by atoms with van der Waals surface area (Å²) in [5.41, 5.74) is -0.778. The first-order valence-electron chi connectivity index (χ1n) is 11.8. The number of anilines is 1. The van der Waals surface area contributed by atoms with E-state index in [0.29, 0.717) is 31.7 Å². The predicted molar refractivity (Wildman–Crippen MR) is 133 cm³/mol. The molecule has 1 aromatic carbocycles. The number of aromatic hydroxyl groups is 1. The van der Waals surface area contributed by atoms with Crippen molar-refractivity contribution in [3.05, 3.63) is 70.0 Å². The molecule has 1 aliphatic rings. The SMILES string of the molecule is CCN(C(=O)C(=O)N1CCN(C)CC1)c1cccn2c(=O)c(O)c(C(=O)NCc3ccc(F)cc3)nc12. The van der Waals surface area contributed by atoms with E-state index in [9.17, 15) is 28.7 Å². The third kappa shape index (κ3) is 5.28. The van der Waals surface area contributed by atoms with Crippen LogP contribution in [0, 0.1) is 5.82 Å². The smallest absolute Gasteiger partial charge is 0.316 e. The van der Waals surface area contributed by atoms with Crippen LogP contribution in [0.25, 0.3) is 5.65 Å². The topological polar surface area (TPSA) is 128 Å². The van der Waals surface area contributed by atoms with Crippen molar-refractivity contribution in [3.8, 4) is 5.75 Å². The van der Waals surface area contributed by atoms with E-state index in [1.165, 1.54) is 52.4 Å². The van der Waals surface area contributed by atoms with E-state index in [0.717, 1.165) is 4.40 Å². The minimum atomic E-state index is -0.910. The highest BCUT2D eigenvalue weighted by atomic mass is 19.1. The van der Waals surface area contributed by atoms with Crippen LogP contribution in [0.5, 0.6) is 5.75 Å². The molecule has 1 fully saturated rings. The molecule has 2 aromatic heterocycles. The van der Waals surface area contributed by atoms with Gasteiger partial charge in [0.25, 0.3) is 5.91 Å². The Bertz CT molecular complexity index is 1400. The van der Waals surface area contributed by atoms with Gasteiger partial charge in [0.05, 0.1) is 5.69 Å². The first kappa shape index (κ1) is 25.8. The molecule has 0 unspecified atom stereocenters. The average Bonchev–Trinajstić information content (AvgIpc) is 2.90. The van der Waals surface area contributed by atoms with Crippen LogP contribution in [0.1, 0.15) is 23.0 Å². The lowest BCUT2D eigenvalue weighted by molar-refractivity contribution is -0.145. The third-order valence-corrected chi connectivity index (χ3v) is 6.22. The number of piperazine rings is 1. The van der Waals surface area contributed by atoms with Gasteiger partial charge < -0.3 is 25.1 Å². The normalized spacial score (nSPS) is 14.0. The summed E-state index contributed by atoms with van der Waals surface area (Å²) in [6.07, 6.45) is 1.34. The molecular weight excluding hydrogens is 483 g/mol. The molecule has 3 amide bonds. The summed E-state index contributed by atoms with van der Waals surface area (Å²) < 4.78 is 14.1. The summed E-state index contributed by atoms with van der Waals surface area (Å²) in [7, 11) is 1.93. The van der Waals surface area contributed by atoms with Gasteiger partial charge in [-0.3, -0.25) is 23.6 Å². The molecule has 2 N–H and O–H groups in total. The van der Waals surface area contributed by atoms with Crippen LogP contribution in [-0.2, 0) is 16.1 Å². The van der Waals surface area contributed by atoms with Gasteiger partial charge in [0.15, 0.2) is 11.3 Å². The second-order valence-electron chi connectivity index (χ2n) is 8.66. The lowest BCUT2D eigenvalue weighted by atomic mass is 10.2. The number of hydrogen-bond acceptors (Lipinski definition) is 7. The minimum absolute atomic E-state index is 0.000344. The van der Waals surface area contributed by atoms with Gasteiger partial charge in [-0.15, -0.1) is 0 Å². The van der Waals surface area contributed by atoms with Crippen molar-refractivity contribution >= 4 is 29.1 Å². The number of fused-ring (bicyclic) bond motifs is 1. The van der Waals surface area contributed by atoms with E-state index in [-0.39, 0.29) is 24.4 Å². The van der Waals surface area contributed by atoms with Gasteiger partial charge in [-0.25, -0.2) is 9.37 Å². The van der Waals surface area contributed by atoms with E-state index in [1.54, 1.807) is 6.92 Å². The van der Waals surface area contributed by atoms with Crippen LogP contribution in [0.3, 0.4) is 0 Å². The second kappa shape index (κ2) is 10.7. The number of likely N-dealkylation sites (N-methyl/N-ethyl adjacent to an activating group) is 2. The number of pyridine rings is 1. The van der Waals surface area contributed by atoms with Gasteiger partial charge in [-0.2, -0.15) is 0 Å². The first-order chi connectivity index (χ1) is 17.7. The molecule has 4 rings (SSSR count). The highest BCUT2D eigenvalue weighted by Crippen LogP contribution is 2.22. The van der Waals surface area contributed by atoms with Gasteiger partial charge in [-0.1, -0.05) is 12.1 Å². The van der Waals surface area contributed by atoms with E-state index >= 15 is 0 Å². The fourth-order valence-corrected chi connectivity index (χ4v) is 4.06. The Morgan fingerprint density at radius 2 is 1.78 bits per heavy atom. The van der Waals surface area contributed by atoms with E-state index < -0.39 is 40.5 Å². The molecule has 12 heteroatoms. The lowest BCUT2D eigenvalue weighted by Crippen LogP contribution is -2.52. The van der Waals surface area contributed by atoms with Crippen molar-refractivity contribution in [3.63, 3.8) is 0 Å². The Hall–Kier alpha value is -4.32. The molecule has 3 aromatic rings. The zero-order valence-electron chi connectivity index (χ0n) is 20.5. The number of nitrogens with zero attached hydrogens (tertiary/aromatic N) is 5. The van der Waals surface area contributed by atoms with E-state index in [1.807, 2.05) is 7.05 Å². The number of rotatable bonds is 5. The number of halogens is 1. The number of benzene rings is 1. The van der Waals surface area contributed by atoms with Crippen LogP contribution < -0.4 is 15.8 Å². The first-order valence-corrected chi connectivity index (χ1v) is 11.8. The van der Waals surface area contributed by atoms with Crippen molar-refractivity contribution in [2.75, 3.05) is 44.7 Å². The van der Waals surface area contributed by atoms with Crippen molar-refractivity contribution in [2.24, 2.45) is 0 Å². The molecule has 1 saturated heterocycles. The zero-order valence-corrected chi connectivity index (χ0v) is 20.5. The molecule has 11 nitrogen and oxygen atoms in total. The van der Waals surface area contributed by atoms with Crippen molar-refractivity contribution in [1.82, 2.24) is 24.5 Å². The standard InChI is InChI=1S/C25H27FN6O5/c1-3-31(25(37)24(36)30-13-11-29(2)12-14-30)18-5-4-10-32-21(18)28-19(20(33)23(32)35)22(34)27-15-16-6-8-17(26)9-7-16/h4-10,33H,3,11-15H2,1-2H3,(H,27,34). The van der Waals surface area contributed by atoms with Crippen LogP contribution in [0.15, 0.2) is 47.4 Å². The number of carbonyl (C=O) groups is 3. The lowest BCUT2D eigenvalue weighted by Gasteiger charge is -2.33. The summed E-state index contributed by atoms with van der Waals surface area (Å²) in [5.74, 6) is -3.58. The maximum atomic E-state index is 13.2. The molecule has 0 radical (unpaired) electrons. The number of nitrogens with one attached hydrogen (secondary N) is 1. The summed E-state index contributed by atoms with van der Waals surface area (Å²) in [4.78, 5) is 60.8. The van der Waals surface area contributed by atoms with E-state index in [4.69, 9.17) is 0 Å². The van der Waals surface area contributed by atoms with Crippen LogP contribution in [0.4, 0.5) is 10.1 Å². The zero-order chi connectivity index (χ0) is 26.7. The number of carbonyl (C=O) groups excluding carboxylic acids is 3. The predicted octanol–water partition coefficient (Wildman–Crippen LogP) is 0.596. The maximum absolute atomic E-state index is 13.2. The Morgan fingerprint density at radius 1 is 1.11 bits per heavy atom. The second-order valence-corrected chi connectivity index (χ2v) is 8.66. The average molecular weight is 511 g/mol. The molecule has 194 valence electrons. The van der Waals surface area contributed by atoms with Gasteiger partial charge in [0, 0.05) is 45.5 Å². The van der Waals surface area contributed by atoms with Crippen LogP contribution in [-0.4, -0.2) is 81.8 Å². The highest BCUT2D eigenvalue weighted by molar-refractivity contribution is 6.40. The number of hydrogen-bond donors (Lipinski definition) is 2. The van der Waals surface area contributed by atoms with Crippen molar-refractivity contribution in [1.29, 1.82) is 0 Å². The Morgan fingerprint density at radius 3 is 2.43 bits per heavy atom. The molecule has 0 aliphatic carbocycles. The molecule has 3 heterocycles.